The van der Waals surface area contributed by atoms with Gasteiger partial charge in [0.15, 0.2) is 8.32 Å². The van der Waals surface area contributed by atoms with E-state index in [4.69, 9.17) is 13.9 Å². The summed E-state index contributed by atoms with van der Waals surface area (Å²) in [6, 6.07) is 7.86. The number of allylic oxidation sites excluding steroid dienone is 1. The minimum atomic E-state index is -1.91. The largest absolute Gasteiger partial charge is 0.497 e. The highest BCUT2D eigenvalue weighted by molar-refractivity contribution is 6.74. The highest BCUT2D eigenvalue weighted by Gasteiger charge is 2.39. The molecule has 0 heterocycles. The van der Waals surface area contributed by atoms with Crippen LogP contribution in [0, 0.1) is 0 Å². The normalized spacial score (nSPS) is 14.2. The van der Waals surface area contributed by atoms with E-state index < -0.39 is 8.32 Å². The lowest BCUT2D eigenvalue weighted by Gasteiger charge is -2.39. The predicted octanol–water partition coefficient (Wildman–Crippen LogP) is 5.14. The monoisotopic (exact) mass is 378 g/mol. The molecule has 0 spiro atoms. The van der Waals surface area contributed by atoms with Crippen LogP contribution in [0.2, 0.25) is 18.1 Å². The topological polar surface area (TPSA) is 44.8 Å². The molecule has 26 heavy (non-hydrogen) atoms. The zero-order valence-corrected chi connectivity index (χ0v) is 18.3. The minimum absolute atomic E-state index is 0.0506. The number of methoxy groups -OCH3 is 1. The third-order valence-corrected chi connectivity index (χ3v) is 9.44. The van der Waals surface area contributed by atoms with E-state index in [9.17, 15) is 4.79 Å². The molecule has 146 valence electrons. The lowest BCUT2D eigenvalue weighted by atomic mass is 10.1. The first-order chi connectivity index (χ1) is 12.1. The summed E-state index contributed by atoms with van der Waals surface area (Å²) < 4.78 is 17.6. The Bertz CT molecular complexity index is 585. The van der Waals surface area contributed by atoms with Crippen molar-refractivity contribution in [2.24, 2.45) is 0 Å². The minimum Gasteiger partial charge on any atom is -0.497 e. The van der Waals surface area contributed by atoms with Gasteiger partial charge in [0.05, 0.1) is 26.4 Å². The van der Waals surface area contributed by atoms with E-state index in [1.807, 2.05) is 31.2 Å². The summed E-state index contributed by atoms with van der Waals surface area (Å²) in [5, 5.41) is 0.128. The van der Waals surface area contributed by atoms with E-state index in [1.165, 1.54) is 0 Å². The number of ether oxygens (including phenoxy) is 2. The smallest absolute Gasteiger partial charge is 0.192 e. The van der Waals surface area contributed by atoms with Crippen molar-refractivity contribution in [3.05, 3.63) is 41.5 Å². The van der Waals surface area contributed by atoms with E-state index in [-0.39, 0.29) is 11.1 Å². The predicted molar refractivity (Wildman–Crippen MR) is 109 cm³/mol. The van der Waals surface area contributed by atoms with Crippen molar-refractivity contribution in [1.29, 1.82) is 0 Å². The number of carbonyl (C=O) groups excluding carboxylic acids is 1. The molecule has 0 saturated carbocycles. The summed E-state index contributed by atoms with van der Waals surface area (Å²) >= 11 is 0. The Morgan fingerprint density at radius 1 is 1.19 bits per heavy atom. The van der Waals surface area contributed by atoms with Crippen LogP contribution in [0.3, 0.4) is 0 Å². The summed E-state index contributed by atoms with van der Waals surface area (Å²) in [5.74, 6) is 0.836. The van der Waals surface area contributed by atoms with Gasteiger partial charge in [-0.1, -0.05) is 38.5 Å². The maximum Gasteiger partial charge on any atom is 0.192 e. The fraction of sp³-hybridized carbons (Fsp3) is 0.571. The van der Waals surface area contributed by atoms with Crippen LogP contribution in [0.15, 0.2) is 35.9 Å². The second-order valence-corrected chi connectivity index (χ2v) is 13.0. The number of hydrogen-bond donors (Lipinski definition) is 0. The molecule has 0 N–H and O–H groups in total. The third kappa shape index (κ3) is 7.44. The summed E-state index contributed by atoms with van der Waals surface area (Å²) in [5.41, 5.74) is 2.11. The number of benzene rings is 1. The molecule has 1 aromatic rings. The summed E-state index contributed by atoms with van der Waals surface area (Å²) in [6.45, 7) is 14.1. The van der Waals surface area contributed by atoms with E-state index in [1.54, 1.807) is 13.2 Å². The van der Waals surface area contributed by atoms with Crippen LogP contribution < -0.4 is 4.74 Å². The number of aldehydes is 1. The molecule has 0 aliphatic rings. The number of carbonyl (C=O) groups is 1. The molecular formula is C21H34O4Si. The highest BCUT2D eigenvalue weighted by Crippen LogP contribution is 2.38. The average Bonchev–Trinajstić information content (AvgIpc) is 2.54. The van der Waals surface area contributed by atoms with Gasteiger partial charge in [0, 0.05) is 0 Å². The Balaban J connectivity index is 2.71. The van der Waals surface area contributed by atoms with Gasteiger partial charge in [-0.25, -0.2) is 0 Å². The standard InChI is InChI=1S/C21H34O4Si/c1-17(12-13-22)14-20(25-26(6,7)21(2,3)4)16-24-15-18-8-10-19(23-5)11-9-18/h8-13,20H,14-16H2,1-7H3/b17-12+/t20-/m1/s1. The highest BCUT2D eigenvalue weighted by atomic mass is 28.4. The second-order valence-electron chi connectivity index (χ2n) is 8.22. The van der Waals surface area contributed by atoms with Crippen molar-refractivity contribution in [2.45, 2.75) is 65.0 Å². The first-order valence-electron chi connectivity index (χ1n) is 9.08. The van der Waals surface area contributed by atoms with Crippen molar-refractivity contribution < 1.29 is 18.7 Å². The van der Waals surface area contributed by atoms with E-state index in [0.717, 1.165) is 23.2 Å². The Labute approximate surface area is 159 Å². The van der Waals surface area contributed by atoms with Gasteiger partial charge in [0.1, 0.15) is 12.0 Å². The van der Waals surface area contributed by atoms with Gasteiger partial charge in [-0.2, -0.15) is 0 Å². The molecule has 0 bridgehead atoms. The molecular weight excluding hydrogens is 344 g/mol. The molecule has 0 aromatic heterocycles. The van der Waals surface area contributed by atoms with Gasteiger partial charge in [-0.3, -0.25) is 4.79 Å². The van der Waals surface area contributed by atoms with Crippen molar-refractivity contribution in [2.75, 3.05) is 13.7 Å². The molecule has 0 aliphatic carbocycles. The molecule has 0 radical (unpaired) electrons. The summed E-state index contributed by atoms with van der Waals surface area (Å²) in [6.07, 6.45) is 3.08. The van der Waals surface area contributed by atoms with Gasteiger partial charge in [0.2, 0.25) is 0 Å². The Morgan fingerprint density at radius 3 is 2.31 bits per heavy atom. The molecule has 1 rings (SSSR count). The first-order valence-corrected chi connectivity index (χ1v) is 12.0. The molecule has 0 unspecified atom stereocenters. The van der Waals surface area contributed by atoms with Crippen molar-refractivity contribution in [1.82, 2.24) is 0 Å². The van der Waals surface area contributed by atoms with Crippen LogP contribution in [-0.2, 0) is 20.6 Å². The Morgan fingerprint density at radius 2 is 1.81 bits per heavy atom. The van der Waals surface area contributed by atoms with Crippen LogP contribution in [0.25, 0.3) is 0 Å². The molecule has 0 saturated heterocycles. The number of rotatable bonds is 10. The second kappa shape index (κ2) is 10.0. The first kappa shape index (κ1) is 22.6. The van der Waals surface area contributed by atoms with Crippen molar-refractivity contribution in [3.63, 3.8) is 0 Å². The third-order valence-electron chi connectivity index (χ3n) is 4.90. The zero-order chi connectivity index (χ0) is 19.8. The van der Waals surface area contributed by atoms with Crippen molar-refractivity contribution in [3.8, 4) is 5.75 Å². The zero-order valence-electron chi connectivity index (χ0n) is 17.3. The molecule has 1 atom stereocenters. The molecule has 0 aliphatic heterocycles. The fourth-order valence-corrected chi connectivity index (χ4v) is 3.64. The summed E-state index contributed by atoms with van der Waals surface area (Å²) in [7, 11) is -0.255. The molecule has 0 amide bonds. The van der Waals surface area contributed by atoms with Crippen LogP contribution >= 0.6 is 0 Å². The van der Waals surface area contributed by atoms with Crippen molar-refractivity contribution >= 4 is 14.6 Å². The fourth-order valence-electron chi connectivity index (χ4n) is 2.30. The molecule has 0 fully saturated rings. The summed E-state index contributed by atoms with van der Waals surface area (Å²) in [4.78, 5) is 10.7. The van der Waals surface area contributed by atoms with Crippen LogP contribution in [-0.4, -0.2) is 34.4 Å². The van der Waals surface area contributed by atoms with Gasteiger partial charge < -0.3 is 13.9 Å². The quantitative estimate of drug-likeness (QED) is 0.321. The Hall–Kier alpha value is -1.43. The van der Waals surface area contributed by atoms with E-state index in [0.29, 0.717) is 19.6 Å². The maximum absolute atomic E-state index is 10.7. The van der Waals surface area contributed by atoms with Crippen LogP contribution in [0.5, 0.6) is 5.75 Å². The lowest BCUT2D eigenvalue weighted by Crippen LogP contribution is -2.45. The van der Waals surface area contributed by atoms with E-state index >= 15 is 0 Å². The lowest BCUT2D eigenvalue weighted by molar-refractivity contribution is -0.104. The maximum atomic E-state index is 10.7. The van der Waals surface area contributed by atoms with Gasteiger partial charge in [-0.05, 0) is 55.2 Å². The number of hydrogen-bond acceptors (Lipinski definition) is 4. The van der Waals surface area contributed by atoms with E-state index in [2.05, 4.69) is 33.9 Å². The van der Waals surface area contributed by atoms with Gasteiger partial charge in [0.25, 0.3) is 0 Å². The Kier molecular flexibility index (Phi) is 8.73. The SMILES string of the molecule is COc1ccc(COC[C@@H](C/C(C)=C/C=O)O[Si](C)(C)C(C)(C)C)cc1. The van der Waals surface area contributed by atoms with Gasteiger partial charge in [-0.15, -0.1) is 0 Å². The van der Waals surface area contributed by atoms with Crippen LogP contribution in [0.4, 0.5) is 0 Å². The molecule has 1 aromatic carbocycles. The molecule has 5 heteroatoms. The van der Waals surface area contributed by atoms with Crippen LogP contribution in [0.1, 0.15) is 39.7 Å². The molecule has 4 nitrogen and oxygen atoms in total. The van der Waals surface area contributed by atoms with Gasteiger partial charge >= 0.3 is 0 Å². The average molecular weight is 379 g/mol.